The second-order valence-electron chi connectivity index (χ2n) is 32.7. The standard InChI is InChI=1S/C36H60N3O5.C30H37N3O2.C25H23NO3.C6H13IO3/c1-6-38(7-2)28-14-16-32-34(26-28)44-33-25-27(3)13-15-31(33)35(32)29-11-8-9-12-30(29)36(41)37-17-10-18-39(4,5)19-21-42-23-24-43-22-20-40;1-6-33(7-2)22-14-16-26-28(20-22)35-27-19-21(3)13-15-25(27)29(26)23-11-8-9-12-24(23)30(34)31-17-10-18-32(4)5;1-4-26(5-2)17-11-13-21-23(15-17)28-22-14-16(3)10-12-20(22)25(21)19-9-7-6-8-18(19)24(27)29-25;7-1-3-9-5-6-10-4-2-8/h8-9,11-12,27-28,31-34,40H,6-7,10,13-26H2,1-5H3;8-9,11-16,19-20,29H,6-7,10,17-18H2,1-5H3,(H,31,34);6-15H,4-5H2,1-3H3;8H,1-6H2/q+1;;;/p+1. The average molecular weight is 1730 g/mol. The number of anilines is 2. The number of aryl methyl sites for hydroxylation is 2. The molecule has 1 saturated heterocycles. The largest absolute Gasteiger partial charge is 0.457 e. The van der Waals surface area contributed by atoms with Crippen molar-refractivity contribution in [2.24, 2.45) is 17.8 Å². The minimum Gasteiger partial charge on any atom is -0.457 e. The first-order valence-electron chi connectivity index (χ1n) is 43.4. The lowest BCUT2D eigenvalue weighted by atomic mass is 9.60. The summed E-state index contributed by atoms with van der Waals surface area (Å²) in [6.07, 6.45) is 9.28. The molecule has 1 spiro atoms. The molecule has 2 amide bonds. The predicted octanol–water partition coefficient (Wildman–Crippen LogP) is 16.2. The number of likely N-dealkylation sites (N-methyl/N-ethyl adjacent to an activating group) is 1. The molecule has 3 fully saturated rings. The normalized spacial score (nSPS) is 19.8. The number of ether oxygens (including phenoxy) is 8. The summed E-state index contributed by atoms with van der Waals surface area (Å²) >= 11 is 2.25. The van der Waals surface area contributed by atoms with Crippen molar-refractivity contribution < 1.29 is 67.0 Å². The van der Waals surface area contributed by atoms with Crippen LogP contribution < -0.4 is 29.9 Å². The highest BCUT2D eigenvalue weighted by atomic mass is 127. The highest BCUT2D eigenvalue weighted by Crippen LogP contribution is 2.58. The maximum absolute atomic E-state index is 13.7. The summed E-state index contributed by atoms with van der Waals surface area (Å²) in [6, 6.07) is 49.7. The van der Waals surface area contributed by atoms with Crippen LogP contribution in [-0.4, -0.2) is 231 Å². The fourth-order valence-corrected chi connectivity index (χ4v) is 18.1. The Bertz CT molecular complexity index is 4310. The van der Waals surface area contributed by atoms with Gasteiger partial charge in [0.25, 0.3) is 5.91 Å². The van der Waals surface area contributed by atoms with Crippen molar-refractivity contribution in [3.8, 4) is 23.0 Å². The SMILES string of the molecule is CCN(CC)C1CCC2[C+](c3ccccc3C(=O)NCCC[N+](C)(C)CCOCCOCCO)C3CCC(C)CC3OC2C1.CCN(CC)c1ccc2c(c1)Oc1cc(C)ccc1C21OC(=O)c2ccccc21.CCN(CC)c1ccc2c(c1)Oc1cc(C)ccc1C2c1ccccc1C(=O)NCCCN(C)C.OCCOCCOCCI. The summed E-state index contributed by atoms with van der Waals surface area (Å²) in [7, 11) is 8.50. The van der Waals surface area contributed by atoms with Gasteiger partial charge in [0, 0.05) is 137 Å². The lowest BCUT2D eigenvalue weighted by molar-refractivity contribution is -0.890. The predicted molar refractivity (Wildman–Crippen MR) is 480 cm³/mol. The Labute approximate surface area is 717 Å². The van der Waals surface area contributed by atoms with E-state index in [-0.39, 0.29) is 49.1 Å². The number of benzene rings is 7. The summed E-state index contributed by atoms with van der Waals surface area (Å²) < 4.78 is 48.8. The van der Waals surface area contributed by atoms with Crippen LogP contribution in [-0.2, 0) is 34.0 Å². The van der Waals surface area contributed by atoms with Gasteiger partial charge in [-0.3, -0.25) is 9.59 Å². The van der Waals surface area contributed by atoms with Crippen molar-refractivity contribution in [1.82, 2.24) is 20.4 Å². The van der Waals surface area contributed by atoms with E-state index in [0.717, 1.165) is 203 Å². The number of hydrogen-bond donors (Lipinski definition) is 4. The third-order valence-electron chi connectivity index (χ3n) is 24.0. The summed E-state index contributed by atoms with van der Waals surface area (Å²) in [6.45, 7) is 34.2. The van der Waals surface area contributed by atoms with Crippen LogP contribution in [0, 0.1) is 37.5 Å². The van der Waals surface area contributed by atoms with Gasteiger partial charge in [-0.1, -0.05) is 110 Å². The molecular weight excluding hydrogens is 1600 g/mol. The van der Waals surface area contributed by atoms with Gasteiger partial charge in [-0.25, -0.2) is 4.79 Å². The van der Waals surface area contributed by atoms with E-state index in [2.05, 4.69) is 189 Å². The molecule has 640 valence electrons. The number of carbonyl (C=O) groups is 3. The number of quaternary nitrogens is 1. The third kappa shape index (κ3) is 23.5. The van der Waals surface area contributed by atoms with Gasteiger partial charge in [0.05, 0.1) is 116 Å². The van der Waals surface area contributed by atoms with Gasteiger partial charge in [0.15, 0.2) is 5.60 Å². The van der Waals surface area contributed by atoms with Crippen LogP contribution in [0.3, 0.4) is 0 Å². The molecule has 21 heteroatoms. The fourth-order valence-electron chi connectivity index (χ4n) is 17.8. The molecule has 7 aromatic carbocycles. The molecule has 0 radical (unpaired) electrons. The number of nitrogens with zero attached hydrogens (tertiary/aromatic N) is 5. The first-order chi connectivity index (χ1) is 57.2. The number of esters is 1. The van der Waals surface area contributed by atoms with Crippen LogP contribution in [0.2, 0.25) is 0 Å². The topological polar surface area (TPSA) is 203 Å². The molecule has 2 saturated carbocycles. The average Bonchev–Trinajstić information content (AvgIpc) is 1.51. The quantitative estimate of drug-likeness (QED) is 0.00720. The number of rotatable bonds is 36. The Morgan fingerprint density at radius 1 is 0.551 bits per heavy atom. The van der Waals surface area contributed by atoms with Crippen LogP contribution in [0.4, 0.5) is 11.4 Å². The van der Waals surface area contributed by atoms with Crippen molar-refractivity contribution in [2.75, 3.05) is 180 Å². The molecular formula is C97H134IN7O13+2. The number of amides is 2. The zero-order valence-electron chi connectivity index (χ0n) is 72.6. The first-order valence-corrected chi connectivity index (χ1v) is 45.0. The van der Waals surface area contributed by atoms with Gasteiger partial charge >= 0.3 is 11.9 Å². The number of alkyl halides is 1. The number of carbonyl (C=O) groups excluding carboxylic acids is 3. The Morgan fingerprint density at radius 3 is 1.71 bits per heavy atom. The summed E-state index contributed by atoms with van der Waals surface area (Å²) in [5.41, 5.74) is 12.6. The second kappa shape index (κ2) is 45.8. The smallest absolute Gasteiger partial charge is 0.340 e. The molecule has 0 aromatic heterocycles. The van der Waals surface area contributed by atoms with Gasteiger partial charge in [0.1, 0.15) is 40.7 Å². The molecule has 7 aromatic rings. The van der Waals surface area contributed by atoms with Gasteiger partial charge < -0.3 is 82.8 Å². The van der Waals surface area contributed by atoms with Crippen LogP contribution >= 0.6 is 22.6 Å². The lowest BCUT2D eigenvalue weighted by Crippen LogP contribution is -2.54. The van der Waals surface area contributed by atoms with E-state index in [1.54, 1.807) is 0 Å². The Morgan fingerprint density at radius 2 is 1.07 bits per heavy atom. The Hall–Kier alpha value is -7.65. The van der Waals surface area contributed by atoms with Gasteiger partial charge in [0.2, 0.25) is 0 Å². The number of aliphatic hydroxyl groups excluding tert-OH is 2. The maximum Gasteiger partial charge on any atom is 0.340 e. The number of nitrogens with one attached hydrogen (secondary N) is 2. The van der Waals surface area contributed by atoms with E-state index in [0.29, 0.717) is 88.7 Å². The van der Waals surface area contributed by atoms with Crippen molar-refractivity contribution in [3.63, 3.8) is 0 Å². The number of fused-ring (bicyclic) bond motifs is 10. The van der Waals surface area contributed by atoms with E-state index < -0.39 is 5.60 Å². The van der Waals surface area contributed by atoms with Gasteiger partial charge in [-0.15, -0.1) is 0 Å². The van der Waals surface area contributed by atoms with Crippen LogP contribution in [0.25, 0.3) is 0 Å². The highest BCUT2D eigenvalue weighted by Gasteiger charge is 2.56. The summed E-state index contributed by atoms with van der Waals surface area (Å²) in [4.78, 5) is 49.2. The van der Waals surface area contributed by atoms with E-state index in [4.69, 9.17) is 48.1 Å². The molecule has 4 N–H and O–H groups in total. The zero-order chi connectivity index (χ0) is 84.3. The fraction of sp³-hybridized carbons (Fsp3) is 0.526. The molecule has 20 nitrogen and oxygen atoms in total. The summed E-state index contributed by atoms with van der Waals surface area (Å²) in [5, 5.41) is 23.5. The van der Waals surface area contributed by atoms with Gasteiger partial charge in [-0.05, 0) is 197 Å². The molecule has 8 atom stereocenters. The van der Waals surface area contributed by atoms with Crippen molar-refractivity contribution in [1.29, 1.82) is 0 Å². The number of halogens is 1. The number of aliphatic hydroxyl groups is 2. The highest BCUT2D eigenvalue weighted by molar-refractivity contribution is 14.1. The molecule has 4 aliphatic heterocycles. The van der Waals surface area contributed by atoms with Crippen LogP contribution in [0.1, 0.15) is 187 Å². The Balaban J connectivity index is 0.000000179. The Kier molecular flexibility index (Phi) is 36.0. The van der Waals surface area contributed by atoms with E-state index in [9.17, 15) is 14.4 Å². The minimum atomic E-state index is -0.980. The maximum atomic E-state index is 13.7. The monoisotopic (exact) mass is 1730 g/mol. The van der Waals surface area contributed by atoms with Crippen LogP contribution in [0.5, 0.6) is 23.0 Å². The summed E-state index contributed by atoms with van der Waals surface area (Å²) in [5.74, 6) is 5.84. The molecule has 2 aliphatic carbocycles. The van der Waals surface area contributed by atoms with Crippen molar-refractivity contribution >= 4 is 51.7 Å². The molecule has 4 heterocycles. The number of hydrogen-bond acceptors (Lipinski definition) is 17. The molecule has 0 bridgehead atoms. The van der Waals surface area contributed by atoms with Crippen LogP contribution in [0.15, 0.2) is 146 Å². The van der Waals surface area contributed by atoms with Crippen molar-refractivity contribution in [2.45, 2.75) is 143 Å². The minimum absolute atomic E-state index is 0.0270. The van der Waals surface area contributed by atoms with E-state index in [1.165, 1.54) is 24.3 Å². The van der Waals surface area contributed by atoms with E-state index >= 15 is 0 Å². The molecule has 13 rings (SSSR count). The van der Waals surface area contributed by atoms with Crippen molar-refractivity contribution in [3.05, 3.63) is 218 Å². The van der Waals surface area contributed by atoms with Gasteiger partial charge in [-0.2, -0.15) is 0 Å². The molecule has 6 aliphatic rings. The second-order valence-corrected chi connectivity index (χ2v) is 33.7. The third-order valence-corrected chi connectivity index (χ3v) is 24.4. The molecule has 118 heavy (non-hydrogen) atoms. The molecule has 8 unspecified atom stereocenters. The zero-order valence-corrected chi connectivity index (χ0v) is 74.8. The lowest BCUT2D eigenvalue weighted by Gasteiger charge is -2.51. The van der Waals surface area contributed by atoms with E-state index in [1.807, 2.05) is 99.9 Å². The first kappa shape index (κ1) is 92.6.